The number of benzene rings is 3. The van der Waals surface area contributed by atoms with Crippen LogP contribution in [0, 0.1) is 5.92 Å². The maximum atomic E-state index is 13.6. The largest absolute Gasteiger partial charge is 0.355 e. The van der Waals surface area contributed by atoms with Crippen LogP contribution in [0.1, 0.15) is 48.3 Å². The number of halogens is 2. The average molecular weight is 522 g/mol. The molecule has 1 aliphatic heterocycles. The number of aryl methyl sites for hydroxylation is 1. The fourth-order valence-corrected chi connectivity index (χ4v) is 6.17. The first kappa shape index (κ1) is 25.3. The van der Waals surface area contributed by atoms with E-state index in [4.69, 9.17) is 23.2 Å². The molecule has 1 amide bonds. The second kappa shape index (κ2) is 11.4. The first-order valence-corrected chi connectivity index (χ1v) is 13.9. The summed E-state index contributed by atoms with van der Waals surface area (Å²) in [5, 5.41) is 4.29. The van der Waals surface area contributed by atoms with Gasteiger partial charge in [-0.2, -0.15) is 0 Å². The number of hydrogen-bond donors (Lipinski definition) is 1. The molecule has 5 rings (SSSR count). The van der Waals surface area contributed by atoms with Crippen LogP contribution < -0.4 is 5.32 Å². The van der Waals surface area contributed by atoms with Gasteiger partial charge in [0.1, 0.15) is 0 Å². The first-order chi connectivity index (χ1) is 17.6. The second-order valence-corrected chi connectivity index (χ2v) is 11.1. The molecule has 0 aromatic heterocycles. The molecule has 1 heterocycles. The van der Waals surface area contributed by atoms with Crippen LogP contribution >= 0.6 is 23.2 Å². The van der Waals surface area contributed by atoms with Crippen molar-refractivity contribution in [3.8, 4) is 0 Å². The lowest BCUT2D eigenvalue weighted by Crippen LogP contribution is -2.40. The fourth-order valence-electron chi connectivity index (χ4n) is 5.87. The monoisotopic (exact) mass is 520 g/mol. The molecule has 0 spiro atoms. The van der Waals surface area contributed by atoms with Gasteiger partial charge in [0.15, 0.2) is 0 Å². The summed E-state index contributed by atoms with van der Waals surface area (Å²) in [4.78, 5) is 16.2. The van der Waals surface area contributed by atoms with Gasteiger partial charge in [-0.25, -0.2) is 0 Å². The molecular formula is C31H34Cl2N2O. The van der Waals surface area contributed by atoms with Crippen LogP contribution in [0.5, 0.6) is 0 Å². The Labute approximate surface area is 224 Å². The maximum absolute atomic E-state index is 13.6. The Morgan fingerprint density at radius 2 is 1.61 bits per heavy atom. The van der Waals surface area contributed by atoms with Gasteiger partial charge in [-0.3, -0.25) is 4.79 Å². The number of likely N-dealkylation sites (tertiary alicyclic amines) is 1. The molecule has 2 fully saturated rings. The van der Waals surface area contributed by atoms with Gasteiger partial charge in [0.05, 0.1) is 15.5 Å². The Bertz CT molecular complexity index is 1160. The second-order valence-electron chi connectivity index (χ2n) is 10.3. The van der Waals surface area contributed by atoms with Crippen LogP contribution in [0.25, 0.3) is 0 Å². The number of carbonyl (C=O) groups is 1. The molecule has 2 atom stereocenters. The van der Waals surface area contributed by atoms with Crippen LogP contribution in [-0.4, -0.2) is 37.0 Å². The van der Waals surface area contributed by atoms with Gasteiger partial charge < -0.3 is 10.2 Å². The number of hydrogen-bond acceptors (Lipinski definition) is 2. The van der Waals surface area contributed by atoms with Crippen molar-refractivity contribution in [2.24, 2.45) is 5.92 Å². The highest BCUT2D eigenvalue weighted by molar-refractivity contribution is 6.42. The van der Waals surface area contributed by atoms with Gasteiger partial charge in [-0.1, -0.05) is 89.9 Å². The summed E-state index contributed by atoms with van der Waals surface area (Å²) in [6.07, 6.45) is 5.07. The first-order valence-electron chi connectivity index (χ1n) is 13.1. The lowest BCUT2D eigenvalue weighted by molar-refractivity contribution is -0.124. The van der Waals surface area contributed by atoms with Gasteiger partial charge >= 0.3 is 0 Å². The smallest absolute Gasteiger partial charge is 0.231 e. The Hall–Kier alpha value is -2.33. The van der Waals surface area contributed by atoms with Crippen molar-refractivity contribution in [3.05, 3.63) is 106 Å². The Morgan fingerprint density at radius 1 is 0.917 bits per heavy atom. The summed E-state index contributed by atoms with van der Waals surface area (Å²) in [7, 11) is 0. The molecule has 0 radical (unpaired) electrons. The van der Waals surface area contributed by atoms with Crippen LogP contribution in [0.4, 0.5) is 0 Å². The van der Waals surface area contributed by atoms with E-state index in [-0.39, 0.29) is 11.8 Å². The normalized spacial score (nSPS) is 22.3. The highest BCUT2D eigenvalue weighted by Crippen LogP contribution is 2.55. The Kier molecular flexibility index (Phi) is 8.00. The van der Waals surface area contributed by atoms with Crippen molar-refractivity contribution in [2.75, 3.05) is 26.2 Å². The molecule has 0 unspecified atom stereocenters. The highest BCUT2D eigenvalue weighted by Gasteiger charge is 2.61. The molecule has 1 saturated carbocycles. The van der Waals surface area contributed by atoms with Gasteiger partial charge in [0.2, 0.25) is 5.91 Å². The van der Waals surface area contributed by atoms with Crippen LogP contribution in [0.3, 0.4) is 0 Å². The van der Waals surface area contributed by atoms with Crippen molar-refractivity contribution < 1.29 is 4.79 Å². The van der Waals surface area contributed by atoms with E-state index in [1.807, 2.05) is 24.3 Å². The number of carbonyl (C=O) groups excluding carboxylic acids is 1. The number of piperidine rings is 1. The van der Waals surface area contributed by atoms with Crippen molar-refractivity contribution in [1.82, 2.24) is 10.2 Å². The predicted octanol–water partition coefficient (Wildman–Crippen LogP) is 6.88. The topological polar surface area (TPSA) is 32.3 Å². The van der Waals surface area contributed by atoms with E-state index in [9.17, 15) is 4.79 Å². The van der Waals surface area contributed by atoms with Crippen LogP contribution in [-0.2, 0) is 16.6 Å². The lowest BCUT2D eigenvalue weighted by atomic mass is 9.88. The summed E-state index contributed by atoms with van der Waals surface area (Å²) >= 11 is 12.6. The Balaban J connectivity index is 1.21. The van der Waals surface area contributed by atoms with E-state index >= 15 is 0 Å². The summed E-state index contributed by atoms with van der Waals surface area (Å²) in [6, 6.07) is 27.0. The summed E-state index contributed by atoms with van der Waals surface area (Å²) in [5.41, 5.74) is 3.22. The highest BCUT2D eigenvalue weighted by atomic mass is 35.5. The van der Waals surface area contributed by atoms with Gasteiger partial charge in [-0.15, -0.1) is 0 Å². The molecular weight excluding hydrogens is 487 g/mol. The molecule has 1 N–H and O–H groups in total. The summed E-state index contributed by atoms with van der Waals surface area (Å²) in [6.45, 7) is 3.77. The van der Waals surface area contributed by atoms with E-state index < -0.39 is 5.41 Å². The lowest BCUT2D eigenvalue weighted by Gasteiger charge is -2.33. The minimum atomic E-state index is -0.517. The minimum Gasteiger partial charge on any atom is -0.355 e. The molecule has 36 heavy (non-hydrogen) atoms. The zero-order valence-electron chi connectivity index (χ0n) is 20.6. The number of nitrogens with one attached hydrogen (secondary N) is 1. The molecule has 0 bridgehead atoms. The number of amides is 1. The molecule has 188 valence electrons. The quantitative estimate of drug-likeness (QED) is 0.312. The molecule has 1 saturated heterocycles. The van der Waals surface area contributed by atoms with Crippen LogP contribution in [0.2, 0.25) is 10.0 Å². The molecule has 1 aliphatic carbocycles. The van der Waals surface area contributed by atoms with Gasteiger partial charge in [0, 0.05) is 13.1 Å². The molecule has 3 aromatic rings. The third-order valence-electron chi connectivity index (χ3n) is 8.05. The van der Waals surface area contributed by atoms with Crippen molar-refractivity contribution in [2.45, 2.75) is 43.4 Å². The third-order valence-corrected chi connectivity index (χ3v) is 8.79. The molecule has 3 nitrogen and oxygen atoms in total. The van der Waals surface area contributed by atoms with Gasteiger partial charge in [-0.05, 0) is 85.9 Å². The van der Waals surface area contributed by atoms with E-state index in [0.717, 1.165) is 44.5 Å². The SMILES string of the molecule is O=C(NCCCc1ccccc1)[C@@]1(c2ccc(Cl)c(Cl)c2)C[C@H]1CN1CCC(c2ccccc2)CC1. The van der Waals surface area contributed by atoms with Gasteiger partial charge in [0.25, 0.3) is 0 Å². The predicted molar refractivity (Wildman–Crippen MR) is 149 cm³/mol. The third kappa shape index (κ3) is 5.64. The molecule has 2 aliphatic rings. The van der Waals surface area contributed by atoms with Crippen molar-refractivity contribution in [1.29, 1.82) is 0 Å². The standard InChI is InChI=1S/C31H34Cl2N2O/c32-28-14-13-26(20-29(28)33)31(30(36)34-17-7-10-23-8-3-1-4-9-23)21-27(31)22-35-18-15-25(16-19-35)24-11-5-2-6-12-24/h1-6,8-9,11-14,20,25,27H,7,10,15-19,21-22H2,(H,34,36)/t27-,31+/m0/s1. The van der Waals surface area contributed by atoms with E-state index in [1.54, 1.807) is 0 Å². The van der Waals surface area contributed by atoms with E-state index in [2.05, 4.69) is 64.8 Å². The Morgan fingerprint density at radius 3 is 2.31 bits per heavy atom. The molecule has 5 heteroatoms. The minimum absolute atomic E-state index is 0.123. The zero-order valence-corrected chi connectivity index (χ0v) is 22.1. The number of nitrogens with zero attached hydrogens (tertiary/aromatic N) is 1. The van der Waals surface area contributed by atoms with E-state index in [0.29, 0.717) is 22.5 Å². The fraction of sp³-hybridized carbons (Fsp3) is 0.387. The zero-order chi connectivity index (χ0) is 25.0. The van der Waals surface area contributed by atoms with Crippen molar-refractivity contribution in [3.63, 3.8) is 0 Å². The molecule has 3 aromatic carbocycles. The summed E-state index contributed by atoms with van der Waals surface area (Å²) in [5.74, 6) is 1.05. The average Bonchev–Trinajstić information content (AvgIpc) is 3.64. The summed E-state index contributed by atoms with van der Waals surface area (Å²) < 4.78 is 0. The van der Waals surface area contributed by atoms with Crippen molar-refractivity contribution >= 4 is 29.1 Å². The maximum Gasteiger partial charge on any atom is 0.231 e. The van der Waals surface area contributed by atoms with E-state index in [1.165, 1.54) is 24.0 Å². The van der Waals surface area contributed by atoms with Crippen LogP contribution in [0.15, 0.2) is 78.9 Å². The number of rotatable bonds is 9.